The minimum atomic E-state index is -0.766. The van der Waals surface area contributed by atoms with Crippen molar-refractivity contribution < 1.29 is 14.6 Å². The zero-order chi connectivity index (χ0) is 13.3. The molecule has 18 heavy (non-hydrogen) atoms. The number of anilines is 1. The Morgan fingerprint density at radius 2 is 2.44 bits per heavy atom. The highest BCUT2D eigenvalue weighted by molar-refractivity contribution is 7.15. The lowest BCUT2D eigenvalue weighted by Gasteiger charge is -2.23. The topological polar surface area (TPSA) is 62.7 Å². The number of fused-ring (bicyclic) bond motifs is 1. The molecule has 2 atom stereocenters. The molecule has 0 saturated heterocycles. The molecule has 0 bridgehead atoms. The van der Waals surface area contributed by atoms with Gasteiger partial charge in [0.05, 0.1) is 18.3 Å². The van der Waals surface area contributed by atoms with Crippen LogP contribution < -0.4 is 4.90 Å². The van der Waals surface area contributed by atoms with Crippen molar-refractivity contribution in [3.8, 4) is 0 Å². The van der Waals surface area contributed by atoms with Crippen LogP contribution in [0.15, 0.2) is 0 Å². The van der Waals surface area contributed by atoms with Crippen LogP contribution in [0.4, 0.5) is 5.13 Å². The molecule has 0 fully saturated rings. The first-order valence-electron chi connectivity index (χ1n) is 5.98. The molecule has 1 aromatic rings. The SMILES string of the molecule is COCC(C)N(C)c1nc2c(s1)CCC2C(=O)O. The monoisotopic (exact) mass is 270 g/mol. The summed E-state index contributed by atoms with van der Waals surface area (Å²) in [5, 5.41) is 10.0. The highest BCUT2D eigenvalue weighted by Gasteiger charge is 2.33. The second kappa shape index (κ2) is 5.24. The standard InChI is InChI=1S/C12H18N2O3S/c1-7(6-17-3)14(2)12-13-10-8(11(15)16)4-5-9(10)18-12/h7-8H,4-6H2,1-3H3,(H,15,16). The number of aromatic nitrogens is 1. The van der Waals surface area contributed by atoms with E-state index in [1.54, 1.807) is 18.4 Å². The molecule has 1 aliphatic rings. The Labute approximate surface area is 110 Å². The summed E-state index contributed by atoms with van der Waals surface area (Å²) in [5.41, 5.74) is 0.763. The Bertz CT molecular complexity index is 447. The number of hydrogen-bond acceptors (Lipinski definition) is 5. The normalized spacial score (nSPS) is 19.6. The van der Waals surface area contributed by atoms with Gasteiger partial charge in [-0.05, 0) is 19.8 Å². The van der Waals surface area contributed by atoms with E-state index in [0.717, 1.165) is 22.1 Å². The molecule has 0 radical (unpaired) electrons. The van der Waals surface area contributed by atoms with Gasteiger partial charge in [-0.2, -0.15) is 0 Å². The molecule has 0 saturated carbocycles. The zero-order valence-electron chi connectivity index (χ0n) is 10.8. The highest BCUT2D eigenvalue weighted by atomic mass is 32.1. The molecule has 6 heteroatoms. The van der Waals surface area contributed by atoms with Gasteiger partial charge in [0, 0.05) is 19.0 Å². The lowest BCUT2D eigenvalue weighted by Crippen LogP contribution is -2.32. The number of carboxylic acids is 1. The van der Waals surface area contributed by atoms with Gasteiger partial charge in [0.15, 0.2) is 5.13 Å². The van der Waals surface area contributed by atoms with Crippen LogP contribution >= 0.6 is 11.3 Å². The van der Waals surface area contributed by atoms with E-state index in [9.17, 15) is 4.79 Å². The maximum atomic E-state index is 11.1. The number of thiazole rings is 1. The third kappa shape index (κ3) is 2.35. The Morgan fingerprint density at radius 3 is 3.06 bits per heavy atom. The first kappa shape index (κ1) is 13.3. The van der Waals surface area contributed by atoms with Crippen molar-refractivity contribution in [3.05, 3.63) is 10.6 Å². The number of aryl methyl sites for hydroxylation is 1. The predicted molar refractivity (Wildman–Crippen MR) is 70.6 cm³/mol. The van der Waals surface area contributed by atoms with Crippen LogP contribution in [0.5, 0.6) is 0 Å². The van der Waals surface area contributed by atoms with Crippen LogP contribution in [0, 0.1) is 0 Å². The molecule has 0 aliphatic heterocycles. The average molecular weight is 270 g/mol. The summed E-state index contributed by atoms with van der Waals surface area (Å²) >= 11 is 1.60. The molecule has 1 N–H and O–H groups in total. The quantitative estimate of drug-likeness (QED) is 0.883. The largest absolute Gasteiger partial charge is 0.481 e. The van der Waals surface area contributed by atoms with Crippen molar-refractivity contribution in [1.82, 2.24) is 4.98 Å². The Kier molecular flexibility index (Phi) is 3.87. The molecule has 5 nitrogen and oxygen atoms in total. The molecular weight excluding hydrogens is 252 g/mol. The van der Waals surface area contributed by atoms with Crippen LogP contribution in [-0.4, -0.2) is 42.9 Å². The summed E-state index contributed by atoms with van der Waals surface area (Å²) in [5.74, 6) is -1.19. The van der Waals surface area contributed by atoms with Crippen molar-refractivity contribution in [2.24, 2.45) is 0 Å². The number of hydrogen-bond donors (Lipinski definition) is 1. The molecule has 2 unspecified atom stereocenters. The Hall–Kier alpha value is -1.14. The minimum absolute atomic E-state index is 0.226. The molecule has 0 aromatic carbocycles. The van der Waals surface area contributed by atoms with E-state index in [1.807, 2.05) is 11.9 Å². The third-order valence-corrected chi connectivity index (χ3v) is 4.60. The third-order valence-electron chi connectivity index (χ3n) is 3.38. The van der Waals surface area contributed by atoms with Crippen LogP contribution in [0.3, 0.4) is 0 Å². The fraction of sp³-hybridized carbons (Fsp3) is 0.667. The Balaban J connectivity index is 2.18. The minimum Gasteiger partial charge on any atom is -0.481 e. The maximum Gasteiger partial charge on any atom is 0.312 e. The zero-order valence-corrected chi connectivity index (χ0v) is 11.7. The molecule has 2 rings (SSSR count). The van der Waals surface area contributed by atoms with Gasteiger partial charge in [-0.25, -0.2) is 4.98 Å². The lowest BCUT2D eigenvalue weighted by molar-refractivity contribution is -0.138. The number of methoxy groups -OCH3 is 1. The number of carbonyl (C=O) groups is 1. The van der Waals surface area contributed by atoms with Crippen molar-refractivity contribution in [2.75, 3.05) is 25.7 Å². The summed E-state index contributed by atoms with van der Waals surface area (Å²) < 4.78 is 5.12. The first-order valence-corrected chi connectivity index (χ1v) is 6.80. The van der Waals surface area contributed by atoms with E-state index >= 15 is 0 Å². The summed E-state index contributed by atoms with van der Waals surface area (Å²) in [4.78, 5) is 18.8. The Morgan fingerprint density at radius 1 is 1.72 bits per heavy atom. The lowest BCUT2D eigenvalue weighted by atomic mass is 10.1. The molecule has 1 heterocycles. The van der Waals surface area contributed by atoms with Crippen LogP contribution in [0.2, 0.25) is 0 Å². The molecule has 0 spiro atoms. The van der Waals surface area contributed by atoms with E-state index in [0.29, 0.717) is 13.0 Å². The van der Waals surface area contributed by atoms with Crippen LogP contribution in [-0.2, 0) is 16.0 Å². The van der Waals surface area contributed by atoms with Gasteiger partial charge in [-0.15, -0.1) is 11.3 Å². The summed E-state index contributed by atoms with van der Waals surface area (Å²) in [6, 6.07) is 0.226. The van der Waals surface area contributed by atoms with Crippen molar-refractivity contribution in [2.45, 2.75) is 31.7 Å². The number of nitrogens with zero attached hydrogens (tertiary/aromatic N) is 2. The summed E-state index contributed by atoms with van der Waals surface area (Å²) in [6.45, 7) is 2.69. The van der Waals surface area contributed by atoms with E-state index in [2.05, 4.69) is 11.9 Å². The van der Waals surface area contributed by atoms with Gasteiger partial charge in [0.25, 0.3) is 0 Å². The average Bonchev–Trinajstić information content (AvgIpc) is 2.86. The number of ether oxygens (including phenoxy) is 1. The fourth-order valence-electron chi connectivity index (χ4n) is 2.15. The predicted octanol–water partition coefficient (Wildman–Crippen LogP) is 1.73. The summed E-state index contributed by atoms with van der Waals surface area (Å²) in [7, 11) is 3.64. The van der Waals surface area contributed by atoms with E-state index in [4.69, 9.17) is 9.84 Å². The first-order chi connectivity index (χ1) is 8.54. The fourth-order valence-corrected chi connectivity index (χ4v) is 3.35. The van der Waals surface area contributed by atoms with Crippen molar-refractivity contribution in [1.29, 1.82) is 0 Å². The smallest absolute Gasteiger partial charge is 0.312 e. The number of carboxylic acid groups (broad SMARTS) is 1. The molecular formula is C12H18N2O3S. The van der Waals surface area contributed by atoms with Gasteiger partial charge < -0.3 is 14.7 Å². The molecule has 1 aromatic heterocycles. The number of aliphatic carboxylic acids is 1. The van der Waals surface area contributed by atoms with Gasteiger partial charge >= 0.3 is 5.97 Å². The number of rotatable bonds is 5. The van der Waals surface area contributed by atoms with Gasteiger partial charge in [-0.3, -0.25) is 4.79 Å². The van der Waals surface area contributed by atoms with Crippen LogP contribution in [0.25, 0.3) is 0 Å². The van der Waals surface area contributed by atoms with E-state index < -0.39 is 11.9 Å². The van der Waals surface area contributed by atoms with E-state index in [1.165, 1.54) is 0 Å². The van der Waals surface area contributed by atoms with Gasteiger partial charge in [-0.1, -0.05) is 0 Å². The van der Waals surface area contributed by atoms with E-state index in [-0.39, 0.29) is 6.04 Å². The molecule has 0 amide bonds. The van der Waals surface area contributed by atoms with Crippen molar-refractivity contribution in [3.63, 3.8) is 0 Å². The van der Waals surface area contributed by atoms with Crippen LogP contribution in [0.1, 0.15) is 29.8 Å². The van der Waals surface area contributed by atoms with Gasteiger partial charge in [0.2, 0.25) is 0 Å². The summed E-state index contributed by atoms with van der Waals surface area (Å²) in [6.07, 6.45) is 1.51. The van der Waals surface area contributed by atoms with Crippen molar-refractivity contribution >= 4 is 22.4 Å². The molecule has 100 valence electrons. The van der Waals surface area contributed by atoms with Gasteiger partial charge in [0.1, 0.15) is 5.92 Å². The second-order valence-electron chi connectivity index (χ2n) is 4.65. The second-order valence-corrected chi connectivity index (χ2v) is 5.71. The number of likely N-dealkylation sites (N-methyl/N-ethyl adjacent to an activating group) is 1. The molecule has 1 aliphatic carbocycles. The highest BCUT2D eigenvalue weighted by Crippen LogP contribution is 2.39. The maximum absolute atomic E-state index is 11.1.